The number of hydrogen-bond donors (Lipinski definition) is 1. The van der Waals surface area contributed by atoms with E-state index in [0.717, 1.165) is 22.8 Å². The lowest BCUT2D eigenvalue weighted by Crippen LogP contribution is -2.15. The third-order valence-electron chi connectivity index (χ3n) is 4.97. The average Bonchev–Trinajstić information content (AvgIpc) is 3.51. The number of benzene rings is 2. The van der Waals surface area contributed by atoms with E-state index < -0.39 is 0 Å². The van der Waals surface area contributed by atoms with Gasteiger partial charge >= 0.3 is 0 Å². The molecular formula is C25H21N7OS. The monoisotopic (exact) mass is 467 g/mol. The molecule has 1 N–H and O–H groups in total. The fraction of sp³-hybridized carbons (Fsp3) is 0.0800. The van der Waals surface area contributed by atoms with Crippen molar-refractivity contribution in [3.63, 3.8) is 0 Å². The molecule has 0 spiro atoms. The topological polar surface area (TPSA) is 90.5 Å². The summed E-state index contributed by atoms with van der Waals surface area (Å²) in [6, 6.07) is 27.3. The molecule has 0 fully saturated rings. The zero-order valence-electron chi connectivity index (χ0n) is 18.2. The predicted molar refractivity (Wildman–Crippen MR) is 132 cm³/mol. The Morgan fingerprint density at radius 2 is 1.65 bits per heavy atom. The standard InChI is InChI=1S/C25H21N7OS/c33-23(27-22-14-16-31(30-22)17-20-11-7-8-15-26-20)18-34-25-29-28-24(19-9-3-1-4-10-19)32(25)21-12-5-2-6-13-21/h1-16H,17-18H2,(H,27,30,33). The third kappa shape index (κ3) is 5.05. The quantitative estimate of drug-likeness (QED) is 0.342. The molecule has 3 aromatic heterocycles. The van der Waals surface area contributed by atoms with Crippen molar-refractivity contribution in [1.82, 2.24) is 29.5 Å². The normalized spacial score (nSPS) is 10.8. The second kappa shape index (κ2) is 10.1. The van der Waals surface area contributed by atoms with Crippen molar-refractivity contribution >= 4 is 23.5 Å². The summed E-state index contributed by atoms with van der Waals surface area (Å²) in [5, 5.41) is 16.7. The number of aromatic nitrogens is 6. The Morgan fingerprint density at radius 3 is 2.41 bits per heavy atom. The molecule has 9 heteroatoms. The van der Waals surface area contributed by atoms with Crippen LogP contribution in [0.25, 0.3) is 17.1 Å². The summed E-state index contributed by atoms with van der Waals surface area (Å²) in [5.74, 6) is 1.23. The summed E-state index contributed by atoms with van der Waals surface area (Å²) in [6.07, 6.45) is 3.56. The minimum absolute atomic E-state index is 0.169. The van der Waals surface area contributed by atoms with Gasteiger partial charge in [0.15, 0.2) is 16.8 Å². The van der Waals surface area contributed by atoms with Gasteiger partial charge in [-0.25, -0.2) is 0 Å². The molecule has 0 aliphatic heterocycles. The van der Waals surface area contributed by atoms with Gasteiger partial charge in [-0.05, 0) is 24.3 Å². The van der Waals surface area contributed by atoms with Crippen molar-refractivity contribution < 1.29 is 4.79 Å². The van der Waals surface area contributed by atoms with Crippen LogP contribution in [0.2, 0.25) is 0 Å². The Hall–Kier alpha value is -4.24. The van der Waals surface area contributed by atoms with E-state index >= 15 is 0 Å². The lowest BCUT2D eigenvalue weighted by molar-refractivity contribution is -0.113. The maximum atomic E-state index is 12.6. The van der Waals surface area contributed by atoms with Crippen LogP contribution in [0.3, 0.4) is 0 Å². The highest BCUT2D eigenvalue weighted by Crippen LogP contribution is 2.27. The van der Waals surface area contributed by atoms with Crippen LogP contribution in [0.1, 0.15) is 5.69 Å². The van der Waals surface area contributed by atoms with Crippen LogP contribution in [0.4, 0.5) is 5.82 Å². The third-order valence-corrected chi connectivity index (χ3v) is 5.90. The molecule has 3 heterocycles. The molecule has 0 unspecified atom stereocenters. The van der Waals surface area contributed by atoms with E-state index in [1.807, 2.05) is 89.6 Å². The molecule has 0 saturated heterocycles. The van der Waals surface area contributed by atoms with Crippen LogP contribution in [0, 0.1) is 0 Å². The van der Waals surface area contributed by atoms with Crippen molar-refractivity contribution in [2.24, 2.45) is 0 Å². The van der Waals surface area contributed by atoms with E-state index in [0.29, 0.717) is 17.5 Å². The number of hydrogen-bond acceptors (Lipinski definition) is 6. The molecule has 0 bridgehead atoms. The number of carbonyl (C=O) groups excluding carboxylic acids is 1. The van der Waals surface area contributed by atoms with Crippen LogP contribution >= 0.6 is 11.8 Å². The maximum Gasteiger partial charge on any atom is 0.236 e. The van der Waals surface area contributed by atoms with E-state index in [9.17, 15) is 4.79 Å². The first-order valence-corrected chi connectivity index (χ1v) is 11.7. The second-order valence-electron chi connectivity index (χ2n) is 7.40. The molecule has 34 heavy (non-hydrogen) atoms. The molecule has 0 saturated carbocycles. The molecule has 0 aliphatic carbocycles. The first-order valence-electron chi connectivity index (χ1n) is 10.7. The van der Waals surface area contributed by atoms with Gasteiger partial charge in [-0.3, -0.25) is 19.0 Å². The molecule has 8 nitrogen and oxygen atoms in total. The predicted octanol–water partition coefficient (Wildman–Crippen LogP) is 4.30. The molecule has 0 atom stereocenters. The van der Waals surface area contributed by atoms with Crippen LogP contribution in [0.15, 0.2) is 102 Å². The summed E-state index contributed by atoms with van der Waals surface area (Å²) in [5.41, 5.74) is 2.78. The SMILES string of the molecule is O=C(CSc1nnc(-c2ccccc2)n1-c1ccccc1)Nc1ccn(Cc2ccccn2)n1. The van der Waals surface area contributed by atoms with Crippen molar-refractivity contribution in [3.05, 3.63) is 103 Å². The fourth-order valence-electron chi connectivity index (χ4n) is 3.43. The summed E-state index contributed by atoms with van der Waals surface area (Å²) in [4.78, 5) is 16.9. The lowest BCUT2D eigenvalue weighted by atomic mass is 10.2. The minimum Gasteiger partial charge on any atom is -0.308 e. The van der Waals surface area contributed by atoms with Gasteiger partial charge in [0.2, 0.25) is 5.91 Å². The van der Waals surface area contributed by atoms with E-state index in [2.05, 4.69) is 25.6 Å². The van der Waals surface area contributed by atoms with E-state index in [4.69, 9.17) is 0 Å². The largest absolute Gasteiger partial charge is 0.308 e. The molecule has 1 amide bonds. The van der Waals surface area contributed by atoms with Gasteiger partial charge in [-0.1, -0.05) is 66.4 Å². The van der Waals surface area contributed by atoms with Gasteiger partial charge in [0.05, 0.1) is 18.0 Å². The Kier molecular flexibility index (Phi) is 6.44. The first-order chi connectivity index (χ1) is 16.8. The smallest absolute Gasteiger partial charge is 0.236 e. The fourth-order valence-corrected chi connectivity index (χ4v) is 4.18. The van der Waals surface area contributed by atoms with Crippen LogP contribution < -0.4 is 5.32 Å². The van der Waals surface area contributed by atoms with Crippen molar-refractivity contribution in [2.45, 2.75) is 11.7 Å². The van der Waals surface area contributed by atoms with Gasteiger partial charge in [0.25, 0.3) is 0 Å². The van der Waals surface area contributed by atoms with Crippen molar-refractivity contribution in [1.29, 1.82) is 0 Å². The second-order valence-corrected chi connectivity index (χ2v) is 8.34. The molecule has 0 aliphatic rings. The lowest BCUT2D eigenvalue weighted by Gasteiger charge is -2.10. The summed E-state index contributed by atoms with van der Waals surface area (Å²) >= 11 is 1.33. The number of nitrogens with one attached hydrogen (secondary N) is 1. The molecule has 0 radical (unpaired) electrons. The highest BCUT2D eigenvalue weighted by atomic mass is 32.2. The van der Waals surface area contributed by atoms with Gasteiger partial charge in [0, 0.05) is 29.7 Å². The van der Waals surface area contributed by atoms with Crippen molar-refractivity contribution in [3.8, 4) is 17.1 Å². The number of carbonyl (C=O) groups is 1. The molecular weight excluding hydrogens is 446 g/mol. The summed E-state index contributed by atoms with van der Waals surface area (Å²) < 4.78 is 3.71. The minimum atomic E-state index is -0.169. The van der Waals surface area contributed by atoms with Crippen LogP contribution in [-0.4, -0.2) is 41.2 Å². The summed E-state index contributed by atoms with van der Waals surface area (Å²) in [7, 11) is 0. The number of amides is 1. The molecule has 2 aromatic carbocycles. The Morgan fingerprint density at radius 1 is 0.882 bits per heavy atom. The van der Waals surface area contributed by atoms with E-state index in [1.54, 1.807) is 16.9 Å². The number of rotatable bonds is 8. The highest BCUT2D eigenvalue weighted by molar-refractivity contribution is 7.99. The molecule has 5 aromatic rings. The highest BCUT2D eigenvalue weighted by Gasteiger charge is 2.17. The number of thioether (sulfide) groups is 1. The molecule has 5 rings (SSSR count). The van der Waals surface area contributed by atoms with Crippen LogP contribution in [-0.2, 0) is 11.3 Å². The maximum absolute atomic E-state index is 12.6. The first kappa shape index (κ1) is 21.6. The van der Waals surface area contributed by atoms with E-state index in [-0.39, 0.29) is 11.7 Å². The molecule has 168 valence electrons. The van der Waals surface area contributed by atoms with Crippen molar-refractivity contribution in [2.75, 3.05) is 11.1 Å². The Labute approximate surface area is 200 Å². The average molecular weight is 468 g/mol. The van der Waals surface area contributed by atoms with Gasteiger partial charge in [0.1, 0.15) is 0 Å². The Bertz CT molecular complexity index is 1370. The zero-order valence-corrected chi connectivity index (χ0v) is 19.0. The number of pyridine rings is 1. The summed E-state index contributed by atoms with van der Waals surface area (Å²) in [6.45, 7) is 0.536. The van der Waals surface area contributed by atoms with Gasteiger partial charge < -0.3 is 5.32 Å². The number of para-hydroxylation sites is 1. The van der Waals surface area contributed by atoms with Crippen LogP contribution in [0.5, 0.6) is 0 Å². The zero-order chi connectivity index (χ0) is 23.2. The number of anilines is 1. The Balaban J connectivity index is 1.28. The van der Waals surface area contributed by atoms with Gasteiger partial charge in [-0.2, -0.15) is 5.10 Å². The van der Waals surface area contributed by atoms with Gasteiger partial charge in [-0.15, -0.1) is 10.2 Å². The number of nitrogens with zero attached hydrogens (tertiary/aromatic N) is 6. The van der Waals surface area contributed by atoms with E-state index in [1.165, 1.54) is 11.8 Å².